The number of benzene rings is 2. The predicted molar refractivity (Wildman–Crippen MR) is 88.3 cm³/mol. The van der Waals surface area contributed by atoms with Crippen molar-refractivity contribution in [2.45, 2.75) is 19.4 Å². The number of hydrogen-bond donors (Lipinski definition) is 1. The molecule has 0 bridgehead atoms. The molecule has 0 amide bonds. The summed E-state index contributed by atoms with van der Waals surface area (Å²) in [6.45, 7) is 2.73. The molecule has 0 fully saturated rings. The van der Waals surface area contributed by atoms with E-state index >= 15 is 0 Å². The van der Waals surface area contributed by atoms with E-state index in [1.165, 1.54) is 24.3 Å². The third kappa shape index (κ3) is 4.87. The topological polar surface area (TPSA) is 12.0 Å². The molecule has 0 radical (unpaired) electrons. The fraction of sp³-hybridized carbons (Fsp3) is 0.250. The smallest absolute Gasteiger partial charge is 0.124 e. The van der Waals surface area contributed by atoms with Gasteiger partial charge >= 0.3 is 0 Å². The van der Waals surface area contributed by atoms with Gasteiger partial charge in [-0.15, -0.1) is 0 Å². The fourth-order valence-corrected chi connectivity index (χ4v) is 3.29. The minimum atomic E-state index is -0.289. The summed E-state index contributed by atoms with van der Waals surface area (Å²) in [5.41, 5.74) is 1.69. The maximum Gasteiger partial charge on any atom is 0.124 e. The lowest BCUT2D eigenvalue weighted by Gasteiger charge is -2.19. The minimum absolute atomic E-state index is 0.0734. The van der Waals surface area contributed by atoms with Crippen molar-refractivity contribution in [2.24, 2.45) is 0 Å². The van der Waals surface area contributed by atoms with Crippen molar-refractivity contribution in [3.8, 4) is 0 Å². The van der Waals surface area contributed by atoms with Crippen molar-refractivity contribution in [1.82, 2.24) is 5.32 Å². The van der Waals surface area contributed by atoms with E-state index in [0.29, 0.717) is 15.4 Å². The van der Waals surface area contributed by atoms with Crippen molar-refractivity contribution < 1.29 is 8.78 Å². The molecule has 5 heteroatoms. The van der Waals surface area contributed by atoms with Gasteiger partial charge in [0.2, 0.25) is 0 Å². The Bertz CT molecular complexity index is 591. The van der Waals surface area contributed by atoms with E-state index in [0.717, 1.165) is 17.7 Å². The number of rotatable bonds is 5. The van der Waals surface area contributed by atoms with Crippen LogP contribution in [0, 0.1) is 11.6 Å². The zero-order valence-electron chi connectivity index (χ0n) is 11.5. The van der Waals surface area contributed by atoms with Crippen LogP contribution in [0.15, 0.2) is 45.3 Å². The van der Waals surface area contributed by atoms with E-state index in [-0.39, 0.29) is 17.7 Å². The minimum Gasteiger partial charge on any atom is -0.310 e. The zero-order valence-corrected chi connectivity index (χ0v) is 14.6. The molecule has 0 spiro atoms. The van der Waals surface area contributed by atoms with Crippen molar-refractivity contribution >= 4 is 31.9 Å². The van der Waals surface area contributed by atoms with E-state index in [4.69, 9.17) is 0 Å². The molecule has 0 saturated heterocycles. The first kappa shape index (κ1) is 16.6. The Kier molecular flexibility index (Phi) is 5.90. The highest BCUT2D eigenvalue weighted by molar-refractivity contribution is 9.10. The molecule has 1 nitrogen and oxygen atoms in total. The van der Waals surface area contributed by atoms with Crippen LogP contribution in [-0.2, 0) is 6.42 Å². The van der Waals surface area contributed by atoms with Gasteiger partial charge in [-0.1, -0.05) is 38.8 Å². The average Bonchev–Trinajstić information content (AvgIpc) is 2.35. The Balaban J connectivity index is 2.30. The number of hydrogen-bond acceptors (Lipinski definition) is 1. The van der Waals surface area contributed by atoms with Crippen LogP contribution in [0.5, 0.6) is 0 Å². The summed E-state index contributed by atoms with van der Waals surface area (Å²) >= 11 is 6.60. The summed E-state index contributed by atoms with van der Waals surface area (Å²) in [6.07, 6.45) is 0.583. The highest BCUT2D eigenvalue weighted by Crippen LogP contribution is 2.25. The van der Waals surface area contributed by atoms with Crippen molar-refractivity contribution in [2.75, 3.05) is 6.54 Å². The number of likely N-dealkylation sites (N-methyl/N-ethyl adjacent to an activating group) is 1. The van der Waals surface area contributed by atoms with Gasteiger partial charge in [-0.05, 0) is 60.5 Å². The molecule has 0 aromatic heterocycles. The number of nitrogens with one attached hydrogen (secondary N) is 1. The molecule has 2 aromatic rings. The van der Waals surface area contributed by atoms with Crippen LogP contribution >= 0.6 is 31.9 Å². The van der Waals surface area contributed by atoms with Crippen molar-refractivity contribution in [3.63, 3.8) is 0 Å². The standard InChI is InChI=1S/C16H15Br2F2N/c1-2-21-16(11-6-13(18)9-15(20)7-11)5-10-3-12(17)8-14(19)4-10/h3-4,6-9,16,21H,2,5H2,1H3. The molecule has 112 valence electrons. The lowest BCUT2D eigenvalue weighted by atomic mass is 9.98. The first-order valence-corrected chi connectivity index (χ1v) is 8.21. The first-order chi connectivity index (χ1) is 9.97. The van der Waals surface area contributed by atoms with Gasteiger partial charge in [0, 0.05) is 15.0 Å². The van der Waals surface area contributed by atoms with Crippen LogP contribution in [-0.4, -0.2) is 6.54 Å². The second kappa shape index (κ2) is 7.47. The predicted octanol–water partition coefficient (Wildman–Crippen LogP) is 5.38. The first-order valence-electron chi connectivity index (χ1n) is 6.62. The van der Waals surface area contributed by atoms with E-state index in [9.17, 15) is 8.78 Å². The largest absolute Gasteiger partial charge is 0.310 e. The summed E-state index contributed by atoms with van der Waals surface area (Å²) in [5.74, 6) is -0.572. The maximum atomic E-state index is 13.6. The zero-order chi connectivity index (χ0) is 15.4. The maximum absolute atomic E-state index is 13.6. The molecular formula is C16H15Br2F2N. The molecule has 0 aliphatic heterocycles. The third-order valence-corrected chi connectivity index (χ3v) is 4.02. The highest BCUT2D eigenvalue weighted by atomic mass is 79.9. The Morgan fingerprint density at radius 3 is 2.14 bits per heavy atom. The molecule has 1 unspecified atom stereocenters. The molecule has 1 N–H and O–H groups in total. The van der Waals surface area contributed by atoms with Crippen LogP contribution in [0.4, 0.5) is 8.78 Å². The Labute approximate surface area is 140 Å². The summed E-state index contributed by atoms with van der Waals surface area (Å²) in [7, 11) is 0. The molecule has 21 heavy (non-hydrogen) atoms. The van der Waals surface area contributed by atoms with Gasteiger partial charge in [0.05, 0.1) is 0 Å². The SMILES string of the molecule is CCNC(Cc1cc(F)cc(Br)c1)c1cc(F)cc(Br)c1. The van der Waals surface area contributed by atoms with Gasteiger partial charge in [-0.3, -0.25) is 0 Å². The van der Waals surface area contributed by atoms with Gasteiger partial charge in [-0.25, -0.2) is 8.78 Å². The second-order valence-corrected chi connectivity index (χ2v) is 6.63. The lowest BCUT2D eigenvalue weighted by Crippen LogP contribution is -2.23. The Hall–Kier alpha value is -0.780. The van der Waals surface area contributed by atoms with Gasteiger partial charge in [0.25, 0.3) is 0 Å². The van der Waals surface area contributed by atoms with Crippen LogP contribution in [0.25, 0.3) is 0 Å². The van der Waals surface area contributed by atoms with Crippen LogP contribution in [0.3, 0.4) is 0 Å². The molecule has 0 aliphatic carbocycles. The van der Waals surface area contributed by atoms with Crippen LogP contribution < -0.4 is 5.32 Å². The van der Waals surface area contributed by atoms with Crippen LogP contribution in [0.2, 0.25) is 0 Å². The molecule has 0 aliphatic rings. The molecule has 0 saturated carbocycles. The fourth-order valence-electron chi connectivity index (χ4n) is 2.30. The summed E-state index contributed by atoms with van der Waals surface area (Å²) in [4.78, 5) is 0. The second-order valence-electron chi connectivity index (χ2n) is 4.79. The molecule has 2 aromatic carbocycles. The monoisotopic (exact) mass is 417 g/mol. The average molecular weight is 419 g/mol. The van der Waals surface area contributed by atoms with Gasteiger partial charge < -0.3 is 5.32 Å². The normalized spacial score (nSPS) is 12.4. The quantitative estimate of drug-likeness (QED) is 0.686. The number of halogens is 4. The van der Waals surface area contributed by atoms with E-state index in [2.05, 4.69) is 37.2 Å². The highest BCUT2D eigenvalue weighted by Gasteiger charge is 2.14. The van der Waals surface area contributed by atoms with E-state index in [1.807, 2.05) is 19.1 Å². The van der Waals surface area contributed by atoms with E-state index in [1.54, 1.807) is 0 Å². The molecule has 2 rings (SSSR count). The molecule has 1 atom stereocenters. The lowest BCUT2D eigenvalue weighted by molar-refractivity contribution is 0.539. The Morgan fingerprint density at radius 2 is 1.57 bits per heavy atom. The summed E-state index contributed by atoms with van der Waals surface area (Å²) in [5, 5.41) is 3.32. The molecule has 0 heterocycles. The van der Waals surface area contributed by atoms with E-state index < -0.39 is 0 Å². The Morgan fingerprint density at radius 1 is 0.952 bits per heavy atom. The summed E-state index contributed by atoms with van der Waals surface area (Å²) < 4.78 is 28.4. The third-order valence-electron chi connectivity index (χ3n) is 3.10. The van der Waals surface area contributed by atoms with Crippen molar-refractivity contribution in [1.29, 1.82) is 0 Å². The van der Waals surface area contributed by atoms with Crippen LogP contribution in [0.1, 0.15) is 24.1 Å². The van der Waals surface area contributed by atoms with Gasteiger partial charge in [0.15, 0.2) is 0 Å². The summed E-state index contributed by atoms with van der Waals surface area (Å²) in [6, 6.07) is 9.54. The van der Waals surface area contributed by atoms with Gasteiger partial charge in [-0.2, -0.15) is 0 Å². The van der Waals surface area contributed by atoms with Crippen molar-refractivity contribution in [3.05, 3.63) is 68.1 Å². The molecular weight excluding hydrogens is 404 g/mol. The van der Waals surface area contributed by atoms with Gasteiger partial charge in [0.1, 0.15) is 11.6 Å².